The van der Waals surface area contributed by atoms with Crippen molar-refractivity contribution < 1.29 is 0 Å². The van der Waals surface area contributed by atoms with Gasteiger partial charge >= 0.3 is 0 Å². The van der Waals surface area contributed by atoms with Gasteiger partial charge in [-0.15, -0.1) is 0 Å². The number of imidazole rings is 1. The van der Waals surface area contributed by atoms with Crippen molar-refractivity contribution in [3.8, 4) is 0 Å². The number of nitrogens with zero attached hydrogens (tertiary/aromatic N) is 3. The summed E-state index contributed by atoms with van der Waals surface area (Å²) >= 11 is 11.9. The number of benzene rings is 1. The van der Waals surface area contributed by atoms with Crippen LogP contribution in [-0.2, 0) is 0 Å². The predicted octanol–water partition coefficient (Wildman–Crippen LogP) is 3.19. The molecule has 3 rings (SSSR count). The molecule has 5 heteroatoms. The summed E-state index contributed by atoms with van der Waals surface area (Å²) in [4.78, 5) is 8.36. The molecule has 0 saturated carbocycles. The molecule has 0 bridgehead atoms. The Morgan fingerprint density at radius 2 is 2.07 bits per heavy atom. The van der Waals surface area contributed by atoms with Gasteiger partial charge in [0.25, 0.3) is 0 Å². The Hall–Kier alpha value is -1.32. The molecule has 0 unspecified atom stereocenters. The fraction of sp³-hybridized carbons (Fsp3) is 0. The molecule has 0 aliphatic carbocycles. The number of hydrogen-bond acceptors (Lipinski definition) is 2. The Labute approximate surface area is 95.3 Å². The van der Waals surface area contributed by atoms with Crippen LogP contribution in [0.25, 0.3) is 16.7 Å². The van der Waals surface area contributed by atoms with Crippen molar-refractivity contribution in [2.75, 3.05) is 0 Å². The monoisotopic (exact) mass is 237 g/mol. The van der Waals surface area contributed by atoms with Gasteiger partial charge in [-0.05, 0) is 18.2 Å². The average Bonchev–Trinajstić information content (AvgIpc) is 2.66. The molecule has 0 fully saturated rings. The highest BCUT2D eigenvalue weighted by Crippen LogP contribution is 2.22. The lowest BCUT2D eigenvalue weighted by molar-refractivity contribution is 1.21. The molecule has 0 radical (unpaired) electrons. The van der Waals surface area contributed by atoms with Gasteiger partial charge in [-0.1, -0.05) is 23.2 Å². The van der Waals surface area contributed by atoms with Gasteiger partial charge in [0.1, 0.15) is 0 Å². The van der Waals surface area contributed by atoms with Crippen molar-refractivity contribution in [2.24, 2.45) is 0 Å². The van der Waals surface area contributed by atoms with E-state index in [9.17, 15) is 0 Å². The lowest BCUT2D eigenvalue weighted by Crippen LogP contribution is -1.91. The van der Waals surface area contributed by atoms with Gasteiger partial charge in [0.2, 0.25) is 0 Å². The molecule has 3 aromatic rings. The van der Waals surface area contributed by atoms with Gasteiger partial charge in [-0.2, -0.15) is 0 Å². The van der Waals surface area contributed by atoms with Crippen LogP contribution < -0.4 is 0 Å². The third kappa shape index (κ3) is 1.28. The molecule has 2 aromatic heterocycles. The highest BCUT2D eigenvalue weighted by atomic mass is 35.5. The maximum Gasteiger partial charge on any atom is 0.175 e. The van der Waals surface area contributed by atoms with E-state index in [-0.39, 0.29) is 0 Å². The van der Waals surface area contributed by atoms with E-state index in [1.54, 1.807) is 12.3 Å². The maximum absolute atomic E-state index is 5.99. The first-order chi connectivity index (χ1) is 7.25. The van der Waals surface area contributed by atoms with Crippen LogP contribution in [0.3, 0.4) is 0 Å². The summed E-state index contributed by atoms with van der Waals surface area (Å²) in [5, 5.41) is 1.03. The van der Waals surface area contributed by atoms with Crippen molar-refractivity contribution in [1.82, 2.24) is 14.4 Å². The number of aromatic nitrogens is 3. The molecule has 0 aliphatic heterocycles. The van der Waals surface area contributed by atoms with Gasteiger partial charge in [-0.25, -0.2) is 9.97 Å². The molecule has 74 valence electrons. The number of fused-ring (bicyclic) bond motifs is 3. The van der Waals surface area contributed by atoms with Gasteiger partial charge in [-0.3, -0.25) is 4.40 Å². The van der Waals surface area contributed by atoms with Crippen LogP contribution in [0.5, 0.6) is 0 Å². The molecule has 3 nitrogen and oxygen atoms in total. The van der Waals surface area contributed by atoms with E-state index in [1.165, 1.54) is 0 Å². The fourth-order valence-electron chi connectivity index (χ4n) is 1.60. The molecular weight excluding hydrogens is 233 g/mol. The molecular formula is C10H5Cl2N3. The van der Waals surface area contributed by atoms with E-state index in [1.807, 2.05) is 22.7 Å². The van der Waals surface area contributed by atoms with Crippen molar-refractivity contribution in [3.05, 3.63) is 40.8 Å². The summed E-state index contributed by atoms with van der Waals surface area (Å²) in [7, 11) is 0. The first-order valence-electron chi connectivity index (χ1n) is 4.33. The molecule has 2 heterocycles. The van der Waals surface area contributed by atoms with E-state index in [4.69, 9.17) is 23.2 Å². The first kappa shape index (κ1) is 8.95. The largest absolute Gasteiger partial charge is 0.296 e. The molecule has 15 heavy (non-hydrogen) atoms. The topological polar surface area (TPSA) is 30.2 Å². The number of hydrogen-bond donors (Lipinski definition) is 0. The second kappa shape index (κ2) is 3.08. The Morgan fingerprint density at radius 3 is 2.93 bits per heavy atom. The maximum atomic E-state index is 5.99. The summed E-state index contributed by atoms with van der Waals surface area (Å²) in [5.74, 6) is 0. The standard InChI is InChI=1S/C10H5Cl2N3/c11-6-1-2-8-7(5-6)14-9(12)10-13-3-4-15(8)10/h1-5H. The van der Waals surface area contributed by atoms with Gasteiger partial charge in [0.05, 0.1) is 11.0 Å². The SMILES string of the molecule is Clc1ccc2c(c1)nc(Cl)c1nccn12. The van der Waals surface area contributed by atoms with E-state index < -0.39 is 0 Å². The van der Waals surface area contributed by atoms with E-state index >= 15 is 0 Å². The van der Waals surface area contributed by atoms with Crippen molar-refractivity contribution in [2.45, 2.75) is 0 Å². The van der Waals surface area contributed by atoms with Gasteiger partial charge < -0.3 is 0 Å². The van der Waals surface area contributed by atoms with Crippen molar-refractivity contribution in [3.63, 3.8) is 0 Å². The van der Waals surface area contributed by atoms with E-state index in [0.717, 1.165) is 11.0 Å². The minimum Gasteiger partial charge on any atom is -0.296 e. The normalized spacial score (nSPS) is 11.3. The summed E-state index contributed by atoms with van der Waals surface area (Å²) in [6, 6.07) is 5.50. The van der Waals surface area contributed by atoms with Crippen LogP contribution in [0.1, 0.15) is 0 Å². The Kier molecular flexibility index (Phi) is 1.84. The second-order valence-electron chi connectivity index (χ2n) is 3.16. The molecule has 0 amide bonds. The summed E-state index contributed by atoms with van der Waals surface area (Å²) < 4.78 is 1.89. The van der Waals surface area contributed by atoms with Crippen LogP contribution >= 0.6 is 23.2 Å². The number of halogens is 2. The summed E-state index contributed by atoms with van der Waals surface area (Å²) in [6.07, 6.45) is 3.54. The van der Waals surface area contributed by atoms with Crippen LogP contribution in [0.4, 0.5) is 0 Å². The summed E-state index contributed by atoms with van der Waals surface area (Å²) in [5.41, 5.74) is 2.36. The molecule has 0 N–H and O–H groups in total. The molecule has 0 saturated heterocycles. The quantitative estimate of drug-likeness (QED) is 0.602. The lowest BCUT2D eigenvalue weighted by atomic mass is 10.3. The minimum absolute atomic E-state index is 0.384. The first-order valence-corrected chi connectivity index (χ1v) is 5.09. The fourth-order valence-corrected chi connectivity index (χ4v) is 1.99. The van der Waals surface area contributed by atoms with Crippen LogP contribution in [0, 0.1) is 0 Å². The van der Waals surface area contributed by atoms with Crippen LogP contribution in [-0.4, -0.2) is 14.4 Å². The zero-order valence-electron chi connectivity index (χ0n) is 7.48. The Bertz CT molecular complexity index is 660. The highest BCUT2D eigenvalue weighted by Gasteiger charge is 2.07. The predicted molar refractivity (Wildman–Crippen MR) is 60.5 cm³/mol. The van der Waals surface area contributed by atoms with Gasteiger partial charge in [0.15, 0.2) is 10.8 Å². The van der Waals surface area contributed by atoms with Crippen molar-refractivity contribution >= 4 is 39.9 Å². The summed E-state index contributed by atoms with van der Waals surface area (Å²) in [6.45, 7) is 0. The van der Waals surface area contributed by atoms with Gasteiger partial charge in [0, 0.05) is 17.4 Å². The smallest absolute Gasteiger partial charge is 0.175 e. The Balaban J connectivity index is 2.60. The third-order valence-electron chi connectivity index (χ3n) is 2.24. The third-order valence-corrected chi connectivity index (χ3v) is 2.73. The Morgan fingerprint density at radius 1 is 1.20 bits per heavy atom. The van der Waals surface area contributed by atoms with Crippen LogP contribution in [0.15, 0.2) is 30.6 Å². The molecule has 0 aliphatic rings. The zero-order chi connectivity index (χ0) is 10.4. The van der Waals surface area contributed by atoms with E-state index in [0.29, 0.717) is 15.8 Å². The lowest BCUT2D eigenvalue weighted by Gasteiger charge is -2.02. The molecule has 0 spiro atoms. The molecule has 1 aromatic carbocycles. The number of rotatable bonds is 0. The van der Waals surface area contributed by atoms with Crippen molar-refractivity contribution in [1.29, 1.82) is 0 Å². The average molecular weight is 238 g/mol. The molecule has 0 atom stereocenters. The minimum atomic E-state index is 0.384. The van der Waals surface area contributed by atoms with Crippen LogP contribution in [0.2, 0.25) is 10.2 Å². The second-order valence-corrected chi connectivity index (χ2v) is 3.95. The van der Waals surface area contributed by atoms with E-state index in [2.05, 4.69) is 9.97 Å². The highest BCUT2D eigenvalue weighted by molar-refractivity contribution is 6.33. The zero-order valence-corrected chi connectivity index (χ0v) is 9.00.